The SMILES string of the molecule is C#CC(=N/C=C(\C)OCc1ncco1)C(=C)C.C=C(C)S[C@@]1(CF)CC1C(C)c1cc(C)cc(F)c1F. The van der Waals surface area contributed by atoms with Crippen LogP contribution in [0, 0.1) is 36.8 Å². The Labute approximate surface area is 221 Å². The Kier molecular flexibility index (Phi) is 10.9. The first-order chi connectivity index (χ1) is 17.4. The molecule has 0 aliphatic heterocycles. The molecular formula is C29H33F3N2O2S. The Morgan fingerprint density at radius 3 is 2.62 bits per heavy atom. The second-order valence-corrected chi connectivity index (χ2v) is 10.8. The minimum absolute atomic E-state index is 0.0184. The number of alkyl halides is 1. The van der Waals surface area contributed by atoms with Gasteiger partial charge in [0, 0.05) is 0 Å². The number of rotatable bonds is 10. The van der Waals surface area contributed by atoms with Crippen LogP contribution in [0.2, 0.25) is 0 Å². The van der Waals surface area contributed by atoms with E-state index in [1.54, 1.807) is 39.2 Å². The number of aryl methyl sites for hydroxylation is 1. The van der Waals surface area contributed by atoms with Gasteiger partial charge in [-0.3, -0.25) is 0 Å². The van der Waals surface area contributed by atoms with Gasteiger partial charge in [0.25, 0.3) is 0 Å². The molecule has 0 saturated heterocycles. The van der Waals surface area contributed by atoms with Gasteiger partial charge in [0.05, 0.1) is 17.1 Å². The molecule has 198 valence electrons. The van der Waals surface area contributed by atoms with Crippen molar-refractivity contribution in [1.29, 1.82) is 0 Å². The monoisotopic (exact) mass is 530 g/mol. The molecule has 0 amide bonds. The van der Waals surface area contributed by atoms with E-state index in [1.165, 1.54) is 24.1 Å². The normalized spacial score (nSPS) is 19.8. The minimum Gasteiger partial charge on any atom is -0.487 e. The number of hydrogen-bond donors (Lipinski definition) is 0. The quantitative estimate of drug-likeness (QED) is 0.177. The van der Waals surface area contributed by atoms with Gasteiger partial charge in [-0.05, 0) is 73.6 Å². The molecule has 1 saturated carbocycles. The van der Waals surface area contributed by atoms with Crippen LogP contribution in [-0.2, 0) is 11.3 Å². The summed E-state index contributed by atoms with van der Waals surface area (Å²) in [6, 6.07) is 2.85. The Morgan fingerprint density at radius 1 is 1.38 bits per heavy atom. The molecule has 0 bridgehead atoms. The first-order valence-electron chi connectivity index (χ1n) is 11.7. The number of oxazole rings is 1. The van der Waals surface area contributed by atoms with Crippen molar-refractivity contribution < 1.29 is 22.3 Å². The van der Waals surface area contributed by atoms with Gasteiger partial charge in [-0.1, -0.05) is 32.1 Å². The summed E-state index contributed by atoms with van der Waals surface area (Å²) >= 11 is 1.43. The van der Waals surface area contributed by atoms with Crippen LogP contribution in [0.3, 0.4) is 0 Å². The fraction of sp³-hybridized carbons (Fsp3) is 0.379. The summed E-state index contributed by atoms with van der Waals surface area (Å²) in [4.78, 5) is 8.87. The van der Waals surface area contributed by atoms with E-state index in [-0.39, 0.29) is 18.4 Å². The maximum atomic E-state index is 13.9. The fourth-order valence-electron chi connectivity index (χ4n) is 3.85. The molecule has 3 rings (SSSR count). The zero-order valence-corrected chi connectivity index (χ0v) is 22.7. The third kappa shape index (κ3) is 8.43. The number of hydrogen-bond acceptors (Lipinski definition) is 5. The second kappa shape index (κ2) is 13.4. The number of terminal acetylenes is 1. The Morgan fingerprint density at radius 2 is 2.08 bits per heavy atom. The van der Waals surface area contributed by atoms with Crippen molar-refractivity contribution in [2.24, 2.45) is 10.9 Å². The molecule has 0 radical (unpaired) electrons. The molecule has 1 aromatic heterocycles. The van der Waals surface area contributed by atoms with Crippen LogP contribution in [-0.4, -0.2) is 22.1 Å². The summed E-state index contributed by atoms with van der Waals surface area (Å²) < 4.78 is 50.7. The second-order valence-electron chi connectivity index (χ2n) is 9.11. The number of halogens is 3. The van der Waals surface area contributed by atoms with Crippen LogP contribution in [0.5, 0.6) is 0 Å². The van der Waals surface area contributed by atoms with E-state index >= 15 is 0 Å². The van der Waals surface area contributed by atoms with Crippen molar-refractivity contribution in [2.75, 3.05) is 6.67 Å². The lowest BCUT2D eigenvalue weighted by Gasteiger charge is -2.19. The first-order valence-corrected chi connectivity index (χ1v) is 12.5. The molecule has 1 aromatic carbocycles. The van der Waals surface area contributed by atoms with Crippen molar-refractivity contribution in [1.82, 2.24) is 4.98 Å². The molecule has 0 spiro atoms. The van der Waals surface area contributed by atoms with Crippen LogP contribution in [0.15, 0.2) is 69.6 Å². The van der Waals surface area contributed by atoms with Gasteiger partial charge >= 0.3 is 0 Å². The minimum atomic E-state index is -0.828. The van der Waals surface area contributed by atoms with Crippen molar-refractivity contribution in [2.45, 2.75) is 58.3 Å². The largest absolute Gasteiger partial charge is 0.487 e. The third-order valence-corrected chi connectivity index (χ3v) is 7.14. The predicted octanol–water partition coefficient (Wildman–Crippen LogP) is 8.07. The molecule has 1 heterocycles. The lowest BCUT2D eigenvalue weighted by molar-refractivity contribution is 0.173. The lowest BCUT2D eigenvalue weighted by Crippen LogP contribution is -2.14. The summed E-state index contributed by atoms with van der Waals surface area (Å²) in [6.45, 7) is 16.3. The highest BCUT2D eigenvalue weighted by Crippen LogP contribution is 2.62. The molecule has 4 nitrogen and oxygen atoms in total. The lowest BCUT2D eigenvalue weighted by atomic mass is 9.93. The summed E-state index contributed by atoms with van der Waals surface area (Å²) in [6.07, 6.45) is 10.6. The average molecular weight is 531 g/mol. The summed E-state index contributed by atoms with van der Waals surface area (Å²) in [5, 5.41) is 0. The van der Waals surface area contributed by atoms with Gasteiger partial charge in [-0.2, -0.15) is 0 Å². The molecular weight excluding hydrogens is 497 g/mol. The maximum Gasteiger partial charge on any atom is 0.232 e. The zero-order chi connectivity index (χ0) is 27.8. The topological polar surface area (TPSA) is 47.6 Å². The van der Waals surface area contributed by atoms with Gasteiger partial charge in [0.2, 0.25) is 5.89 Å². The molecule has 0 N–H and O–H groups in total. The zero-order valence-electron chi connectivity index (χ0n) is 21.9. The summed E-state index contributed by atoms with van der Waals surface area (Å²) in [7, 11) is 0. The Hall–Kier alpha value is -3.18. The molecule has 3 atom stereocenters. The molecule has 1 fully saturated rings. The van der Waals surface area contributed by atoms with Gasteiger partial charge in [0.1, 0.15) is 24.4 Å². The van der Waals surface area contributed by atoms with Crippen molar-refractivity contribution in [3.05, 3.63) is 88.8 Å². The van der Waals surface area contributed by atoms with E-state index in [0.29, 0.717) is 34.9 Å². The Balaban J connectivity index is 0.000000264. The summed E-state index contributed by atoms with van der Waals surface area (Å²) in [5.74, 6) is 1.77. The molecule has 2 aromatic rings. The van der Waals surface area contributed by atoms with Crippen LogP contribution >= 0.6 is 11.8 Å². The van der Waals surface area contributed by atoms with E-state index in [2.05, 4.69) is 29.1 Å². The smallest absolute Gasteiger partial charge is 0.232 e. The highest BCUT2D eigenvalue weighted by atomic mass is 32.2. The predicted molar refractivity (Wildman–Crippen MR) is 145 cm³/mol. The van der Waals surface area contributed by atoms with E-state index in [1.807, 2.05) is 13.8 Å². The fourth-order valence-corrected chi connectivity index (χ4v) is 5.22. The van der Waals surface area contributed by atoms with Crippen LogP contribution in [0.1, 0.15) is 57.1 Å². The number of benzene rings is 1. The standard InChI is InChI=1S/C16H19F3S.C13H14N2O2/c1-9(2)20-16(8-17)7-13(16)11(4)12-5-10(3)6-14(18)15(12)19;1-5-12(10(2)3)15-8-11(4)17-9-13-14-6-7-16-13/h5-6,11,13H,1,7-8H2,2-4H3;1,6-8H,2,9H2,3-4H3/b;11-8+,15-12?/t11?,13?,16-;/m1./s1. The average Bonchev–Trinajstić information content (AvgIpc) is 3.29. The third-order valence-electron chi connectivity index (χ3n) is 5.80. The van der Waals surface area contributed by atoms with Gasteiger partial charge in [-0.15, -0.1) is 18.2 Å². The first kappa shape index (κ1) is 30.0. The molecule has 1 aliphatic carbocycles. The number of aromatic nitrogens is 1. The number of allylic oxidation sites excluding steroid dienone is 3. The highest BCUT2D eigenvalue weighted by Gasteiger charge is 2.57. The maximum absolute atomic E-state index is 13.9. The van der Waals surface area contributed by atoms with E-state index in [0.717, 1.165) is 10.5 Å². The molecule has 37 heavy (non-hydrogen) atoms. The van der Waals surface area contributed by atoms with E-state index in [9.17, 15) is 13.2 Å². The van der Waals surface area contributed by atoms with Crippen LogP contribution in [0.25, 0.3) is 0 Å². The number of thioether (sulfide) groups is 1. The molecule has 8 heteroatoms. The Bertz CT molecular complexity index is 1210. The van der Waals surface area contributed by atoms with Gasteiger partial charge in [0.15, 0.2) is 18.2 Å². The molecule has 2 unspecified atom stereocenters. The van der Waals surface area contributed by atoms with E-state index in [4.69, 9.17) is 15.6 Å². The summed E-state index contributed by atoms with van der Waals surface area (Å²) in [5.41, 5.74) is 2.28. The van der Waals surface area contributed by atoms with E-state index < -0.39 is 23.1 Å². The number of aliphatic imine (C=N–C) groups is 1. The van der Waals surface area contributed by atoms with Crippen molar-refractivity contribution in [3.63, 3.8) is 0 Å². The van der Waals surface area contributed by atoms with Gasteiger partial charge in [-0.25, -0.2) is 23.1 Å². The highest BCUT2D eigenvalue weighted by molar-refractivity contribution is 8.04. The number of nitrogens with zero attached hydrogens (tertiary/aromatic N) is 2. The van der Waals surface area contributed by atoms with Crippen molar-refractivity contribution in [3.8, 4) is 12.3 Å². The van der Waals surface area contributed by atoms with Crippen LogP contribution in [0.4, 0.5) is 13.2 Å². The van der Waals surface area contributed by atoms with Gasteiger partial charge < -0.3 is 9.15 Å². The molecule has 1 aliphatic rings. The van der Waals surface area contributed by atoms with Crippen LogP contribution < -0.4 is 0 Å². The van der Waals surface area contributed by atoms with Crippen molar-refractivity contribution >= 4 is 17.5 Å². The number of ether oxygens (including phenoxy) is 1.